The van der Waals surface area contributed by atoms with Crippen LogP contribution in [0.5, 0.6) is 0 Å². The zero-order valence-corrected chi connectivity index (χ0v) is 23.1. The van der Waals surface area contributed by atoms with Crippen molar-refractivity contribution in [1.29, 1.82) is 0 Å². The molecule has 0 bridgehead atoms. The normalized spacial score (nSPS) is 18.4. The summed E-state index contributed by atoms with van der Waals surface area (Å²) >= 11 is 0. The summed E-state index contributed by atoms with van der Waals surface area (Å²) in [7, 11) is 0. The second-order valence-corrected chi connectivity index (χ2v) is 11.0. The van der Waals surface area contributed by atoms with Gasteiger partial charge in [0.05, 0.1) is 6.33 Å². The average molecular weight is 540 g/mol. The van der Waals surface area contributed by atoms with Gasteiger partial charge in [-0.15, -0.1) is 0 Å². The van der Waals surface area contributed by atoms with Crippen LogP contribution in [0, 0.1) is 12.8 Å². The molecule has 1 aliphatic carbocycles. The number of anilines is 3. The van der Waals surface area contributed by atoms with Crippen LogP contribution in [0.1, 0.15) is 76.0 Å². The van der Waals surface area contributed by atoms with Crippen LogP contribution in [0.4, 0.5) is 17.2 Å². The molecule has 1 atom stereocenters. The van der Waals surface area contributed by atoms with Gasteiger partial charge in [0.15, 0.2) is 5.65 Å². The molecule has 1 saturated carbocycles. The summed E-state index contributed by atoms with van der Waals surface area (Å²) in [5.41, 5.74) is 5.70. The molecule has 9 nitrogen and oxygen atoms in total. The summed E-state index contributed by atoms with van der Waals surface area (Å²) in [5.74, 6) is 1.23. The predicted molar refractivity (Wildman–Crippen MR) is 156 cm³/mol. The van der Waals surface area contributed by atoms with Crippen molar-refractivity contribution in [3.8, 4) is 11.3 Å². The fourth-order valence-electron chi connectivity index (χ4n) is 5.90. The number of aryl methyl sites for hydroxylation is 1. The maximum atomic E-state index is 12.9. The van der Waals surface area contributed by atoms with Crippen molar-refractivity contribution in [2.45, 2.75) is 77.4 Å². The van der Waals surface area contributed by atoms with Gasteiger partial charge < -0.3 is 15.4 Å². The molecule has 1 saturated heterocycles. The standard InChI is InChI=1S/C31H37N7O2/c1-21-13-14-23(36-26(39)17-22-9-4-2-3-5-10-22)18-25(21)37-30-24(11-8-15-32-30)28-29-31(34-19-33-28)38(20-35-29)27-12-6-7-16-40-27/h8,11,13-15,18-20,22,27H,2-7,9-10,12,16-17H2,1H3,(H,32,37)(H,36,39). The van der Waals surface area contributed by atoms with Gasteiger partial charge in [0.1, 0.15) is 29.6 Å². The van der Waals surface area contributed by atoms with Crippen molar-refractivity contribution in [3.05, 3.63) is 54.7 Å². The van der Waals surface area contributed by atoms with Gasteiger partial charge in [-0.25, -0.2) is 19.9 Å². The zero-order valence-electron chi connectivity index (χ0n) is 23.1. The van der Waals surface area contributed by atoms with E-state index in [1.54, 1.807) is 18.9 Å². The number of pyridine rings is 1. The maximum Gasteiger partial charge on any atom is 0.224 e. The zero-order chi connectivity index (χ0) is 27.3. The van der Waals surface area contributed by atoms with E-state index >= 15 is 0 Å². The van der Waals surface area contributed by atoms with E-state index < -0.39 is 0 Å². The van der Waals surface area contributed by atoms with Crippen LogP contribution in [0.3, 0.4) is 0 Å². The lowest BCUT2D eigenvalue weighted by Crippen LogP contribution is -2.17. The molecule has 4 aromatic rings. The Labute approximate surface area is 234 Å². The number of amides is 1. The van der Waals surface area contributed by atoms with Gasteiger partial charge in [-0.05, 0) is 74.8 Å². The molecule has 4 heterocycles. The van der Waals surface area contributed by atoms with E-state index in [0.29, 0.717) is 29.4 Å². The number of imidazole rings is 1. The van der Waals surface area contributed by atoms with Gasteiger partial charge in [-0.2, -0.15) is 0 Å². The molecule has 6 rings (SSSR count). The van der Waals surface area contributed by atoms with E-state index in [2.05, 4.69) is 25.6 Å². The largest absolute Gasteiger partial charge is 0.358 e. The molecule has 3 aromatic heterocycles. The topological polar surface area (TPSA) is 107 Å². The number of benzene rings is 1. The molecule has 0 spiro atoms. The Kier molecular flexibility index (Phi) is 7.99. The number of hydrogen-bond donors (Lipinski definition) is 2. The third kappa shape index (κ3) is 5.84. The van der Waals surface area contributed by atoms with E-state index in [0.717, 1.165) is 66.9 Å². The molecule has 2 fully saturated rings. The third-order valence-corrected chi connectivity index (χ3v) is 8.11. The quantitative estimate of drug-likeness (QED) is 0.245. The number of hydrogen-bond acceptors (Lipinski definition) is 7. The van der Waals surface area contributed by atoms with Crippen molar-refractivity contribution in [3.63, 3.8) is 0 Å². The van der Waals surface area contributed by atoms with Crippen LogP contribution < -0.4 is 10.6 Å². The number of rotatable bonds is 7. The fraction of sp³-hybridized carbons (Fsp3) is 0.452. The van der Waals surface area contributed by atoms with Crippen LogP contribution in [-0.4, -0.2) is 37.0 Å². The summed E-state index contributed by atoms with van der Waals surface area (Å²) < 4.78 is 7.99. The van der Waals surface area contributed by atoms with Crippen molar-refractivity contribution in [2.24, 2.45) is 5.92 Å². The van der Waals surface area contributed by atoms with Crippen LogP contribution in [-0.2, 0) is 9.53 Å². The van der Waals surface area contributed by atoms with Crippen LogP contribution in [0.25, 0.3) is 22.4 Å². The molecular weight excluding hydrogens is 502 g/mol. The second-order valence-electron chi connectivity index (χ2n) is 11.0. The van der Waals surface area contributed by atoms with Crippen LogP contribution in [0.2, 0.25) is 0 Å². The maximum absolute atomic E-state index is 12.9. The molecule has 1 aromatic carbocycles. The monoisotopic (exact) mass is 539 g/mol. The smallest absolute Gasteiger partial charge is 0.224 e. The first-order chi connectivity index (χ1) is 19.7. The Hall–Kier alpha value is -3.85. The summed E-state index contributed by atoms with van der Waals surface area (Å²) in [4.78, 5) is 31.4. The molecular formula is C31H37N7O2. The van der Waals surface area contributed by atoms with Crippen LogP contribution in [0.15, 0.2) is 49.2 Å². The minimum Gasteiger partial charge on any atom is -0.358 e. The van der Waals surface area contributed by atoms with Crippen molar-refractivity contribution in [2.75, 3.05) is 17.2 Å². The molecule has 40 heavy (non-hydrogen) atoms. The molecule has 1 aliphatic heterocycles. The Balaban J connectivity index is 1.24. The highest BCUT2D eigenvalue weighted by atomic mass is 16.5. The first kappa shape index (κ1) is 26.4. The van der Waals surface area contributed by atoms with Crippen molar-refractivity contribution in [1.82, 2.24) is 24.5 Å². The lowest BCUT2D eigenvalue weighted by Gasteiger charge is -2.23. The molecule has 1 amide bonds. The molecule has 2 N–H and O–H groups in total. The number of carbonyl (C=O) groups excluding carboxylic acids is 1. The first-order valence-corrected chi connectivity index (χ1v) is 14.6. The number of fused-ring (bicyclic) bond motifs is 1. The van der Waals surface area contributed by atoms with Crippen LogP contribution >= 0.6 is 0 Å². The van der Waals surface area contributed by atoms with Gasteiger partial charge >= 0.3 is 0 Å². The average Bonchev–Trinajstić information content (AvgIpc) is 3.25. The van der Waals surface area contributed by atoms with Gasteiger partial charge in [0.2, 0.25) is 5.91 Å². The van der Waals surface area contributed by atoms with Gasteiger partial charge in [0.25, 0.3) is 0 Å². The summed E-state index contributed by atoms with van der Waals surface area (Å²) in [6, 6.07) is 9.83. The van der Waals surface area contributed by atoms with Gasteiger partial charge in [0, 0.05) is 36.2 Å². The van der Waals surface area contributed by atoms with E-state index in [4.69, 9.17) is 9.72 Å². The van der Waals surface area contributed by atoms with Gasteiger partial charge in [-0.3, -0.25) is 9.36 Å². The Bertz CT molecular complexity index is 1470. The summed E-state index contributed by atoms with van der Waals surface area (Å²) in [5, 5.41) is 6.62. The number of aromatic nitrogens is 5. The summed E-state index contributed by atoms with van der Waals surface area (Å²) in [6.07, 6.45) is 16.2. The molecule has 208 valence electrons. The molecule has 2 aliphatic rings. The van der Waals surface area contributed by atoms with Crippen molar-refractivity contribution >= 4 is 34.3 Å². The van der Waals surface area contributed by atoms with E-state index in [-0.39, 0.29) is 12.1 Å². The number of nitrogens with one attached hydrogen (secondary N) is 2. The fourth-order valence-corrected chi connectivity index (χ4v) is 5.90. The highest BCUT2D eigenvalue weighted by molar-refractivity contribution is 5.93. The highest BCUT2D eigenvalue weighted by Crippen LogP contribution is 2.34. The predicted octanol–water partition coefficient (Wildman–Crippen LogP) is 6.94. The van der Waals surface area contributed by atoms with E-state index in [1.165, 1.54) is 25.7 Å². The number of ether oxygens (including phenoxy) is 1. The third-order valence-electron chi connectivity index (χ3n) is 8.11. The second kappa shape index (κ2) is 12.1. The Morgan fingerprint density at radius 2 is 1.85 bits per heavy atom. The summed E-state index contributed by atoms with van der Waals surface area (Å²) in [6.45, 7) is 2.79. The molecule has 1 unspecified atom stereocenters. The van der Waals surface area contributed by atoms with Crippen molar-refractivity contribution < 1.29 is 9.53 Å². The van der Waals surface area contributed by atoms with Gasteiger partial charge in [-0.1, -0.05) is 31.7 Å². The number of nitrogens with zero attached hydrogens (tertiary/aromatic N) is 5. The Morgan fingerprint density at radius 1 is 1.00 bits per heavy atom. The molecule has 9 heteroatoms. The Morgan fingerprint density at radius 3 is 2.67 bits per heavy atom. The molecule has 0 radical (unpaired) electrons. The highest BCUT2D eigenvalue weighted by Gasteiger charge is 2.22. The lowest BCUT2D eigenvalue weighted by molar-refractivity contribution is -0.117. The van der Waals surface area contributed by atoms with E-state index in [1.807, 2.05) is 41.8 Å². The lowest BCUT2D eigenvalue weighted by atomic mass is 9.96. The van der Waals surface area contributed by atoms with E-state index in [9.17, 15) is 4.79 Å². The minimum absolute atomic E-state index is 0.0591. The first-order valence-electron chi connectivity index (χ1n) is 14.6. The SMILES string of the molecule is Cc1ccc(NC(=O)CC2CCCCCC2)cc1Nc1ncccc1-c1ncnc2c1ncn2C1CCCCO1. The number of carbonyl (C=O) groups is 1. The minimum atomic E-state index is -0.0591.